The Kier molecular flexibility index (Phi) is 3.86. The normalized spacial score (nSPS) is 11.2. The van der Waals surface area contributed by atoms with Gasteiger partial charge in [-0.3, -0.25) is 4.79 Å². The van der Waals surface area contributed by atoms with E-state index in [0.29, 0.717) is 5.56 Å². The molecule has 0 unspecified atom stereocenters. The van der Waals surface area contributed by atoms with Crippen LogP contribution in [0.1, 0.15) is 11.1 Å². The topological polar surface area (TPSA) is 49.7 Å². The molecule has 0 saturated carbocycles. The second-order valence-corrected chi connectivity index (χ2v) is 3.90. The largest absolute Gasteiger partial charge is 0.410 e. The summed E-state index contributed by atoms with van der Waals surface area (Å²) in [6, 6.07) is 18.3. The molecular formula is C15H13NO2. The molecule has 3 nitrogen and oxygen atoms in total. The van der Waals surface area contributed by atoms with Gasteiger partial charge in [0.05, 0.1) is 0 Å². The number of Topliss-reactive ketones (excluding diaryl/α,β-unsaturated/α-hetero) is 1. The van der Waals surface area contributed by atoms with Gasteiger partial charge < -0.3 is 5.21 Å². The van der Waals surface area contributed by atoms with E-state index in [9.17, 15) is 4.79 Å². The van der Waals surface area contributed by atoms with Crippen molar-refractivity contribution in [1.29, 1.82) is 0 Å². The van der Waals surface area contributed by atoms with Crippen molar-refractivity contribution in [2.24, 2.45) is 5.16 Å². The molecule has 90 valence electrons. The molecule has 0 amide bonds. The van der Waals surface area contributed by atoms with E-state index in [1.807, 2.05) is 36.4 Å². The summed E-state index contributed by atoms with van der Waals surface area (Å²) in [6.45, 7) is 0. The molecule has 0 atom stereocenters. The summed E-state index contributed by atoms with van der Waals surface area (Å²) in [6.07, 6.45) is 0.231. The van der Waals surface area contributed by atoms with Crippen molar-refractivity contribution in [3.05, 3.63) is 71.8 Å². The van der Waals surface area contributed by atoms with Crippen LogP contribution in [0.25, 0.3) is 0 Å². The monoisotopic (exact) mass is 239 g/mol. The molecular weight excluding hydrogens is 226 g/mol. The molecule has 0 spiro atoms. The van der Waals surface area contributed by atoms with Crippen LogP contribution >= 0.6 is 0 Å². The van der Waals surface area contributed by atoms with Crippen molar-refractivity contribution in [2.45, 2.75) is 6.42 Å². The van der Waals surface area contributed by atoms with Crippen molar-refractivity contribution in [3.8, 4) is 0 Å². The third-order valence-electron chi connectivity index (χ3n) is 2.62. The predicted octanol–water partition coefficient (Wildman–Crippen LogP) is 2.68. The lowest BCUT2D eigenvalue weighted by molar-refractivity contribution is -0.112. The maximum absolute atomic E-state index is 12.1. The van der Waals surface area contributed by atoms with Crippen molar-refractivity contribution in [2.75, 3.05) is 0 Å². The van der Waals surface area contributed by atoms with Gasteiger partial charge in [-0.05, 0) is 5.56 Å². The second kappa shape index (κ2) is 5.77. The Morgan fingerprint density at radius 2 is 1.50 bits per heavy atom. The molecule has 0 fully saturated rings. The van der Waals surface area contributed by atoms with Gasteiger partial charge in [-0.15, -0.1) is 0 Å². The first-order valence-electron chi connectivity index (χ1n) is 5.66. The van der Waals surface area contributed by atoms with Gasteiger partial charge in [-0.1, -0.05) is 65.8 Å². The number of hydrogen-bond acceptors (Lipinski definition) is 3. The van der Waals surface area contributed by atoms with Crippen molar-refractivity contribution in [1.82, 2.24) is 0 Å². The number of carbonyl (C=O) groups excluding carboxylic acids is 1. The number of oxime groups is 1. The fourth-order valence-electron chi connectivity index (χ4n) is 1.74. The Morgan fingerprint density at radius 1 is 0.944 bits per heavy atom. The first-order chi connectivity index (χ1) is 8.81. The zero-order chi connectivity index (χ0) is 12.8. The van der Waals surface area contributed by atoms with Crippen LogP contribution in [-0.4, -0.2) is 16.7 Å². The zero-order valence-electron chi connectivity index (χ0n) is 9.78. The molecule has 2 rings (SSSR count). The summed E-state index contributed by atoms with van der Waals surface area (Å²) in [4.78, 5) is 12.1. The van der Waals surface area contributed by atoms with E-state index in [2.05, 4.69) is 5.16 Å². The Labute approximate surface area is 105 Å². The number of rotatable bonds is 4. The molecule has 1 N–H and O–H groups in total. The molecule has 0 aromatic heterocycles. The molecule has 0 aliphatic carbocycles. The molecule has 0 bridgehead atoms. The standard InChI is InChI=1S/C15H13NO2/c17-14(11-12-7-3-1-4-8-12)15(16-18)13-9-5-2-6-10-13/h1-10,18H,11H2. The number of hydrogen-bond donors (Lipinski definition) is 1. The molecule has 2 aromatic carbocycles. The van der Waals surface area contributed by atoms with Crippen LogP contribution in [0.15, 0.2) is 65.8 Å². The Morgan fingerprint density at radius 3 is 2.06 bits per heavy atom. The van der Waals surface area contributed by atoms with Gasteiger partial charge in [0.2, 0.25) is 0 Å². The molecule has 0 radical (unpaired) electrons. The minimum absolute atomic E-state index is 0.0967. The minimum atomic E-state index is -0.199. The zero-order valence-corrected chi connectivity index (χ0v) is 9.78. The summed E-state index contributed by atoms with van der Waals surface area (Å²) in [5.41, 5.74) is 1.62. The van der Waals surface area contributed by atoms with Gasteiger partial charge in [0.1, 0.15) is 0 Å². The number of nitrogens with zero attached hydrogens (tertiary/aromatic N) is 1. The van der Waals surface area contributed by atoms with Gasteiger partial charge in [-0.25, -0.2) is 0 Å². The second-order valence-electron chi connectivity index (χ2n) is 3.90. The van der Waals surface area contributed by atoms with Crippen molar-refractivity contribution in [3.63, 3.8) is 0 Å². The molecule has 0 heterocycles. The average Bonchev–Trinajstić information content (AvgIpc) is 2.42. The summed E-state index contributed by atoms with van der Waals surface area (Å²) in [7, 11) is 0. The first kappa shape index (κ1) is 12.0. The quantitative estimate of drug-likeness (QED) is 0.506. The Balaban J connectivity index is 2.18. The van der Waals surface area contributed by atoms with E-state index in [0.717, 1.165) is 5.56 Å². The highest BCUT2D eigenvalue weighted by atomic mass is 16.4. The molecule has 18 heavy (non-hydrogen) atoms. The Hall–Kier alpha value is -2.42. The lowest BCUT2D eigenvalue weighted by Gasteiger charge is -2.03. The van der Waals surface area contributed by atoms with E-state index in [1.165, 1.54) is 0 Å². The molecule has 0 aliphatic rings. The highest BCUT2D eigenvalue weighted by Gasteiger charge is 2.14. The van der Waals surface area contributed by atoms with E-state index in [4.69, 9.17) is 5.21 Å². The SMILES string of the molecule is O=C(Cc1ccccc1)C(=NO)c1ccccc1. The van der Waals surface area contributed by atoms with E-state index in [-0.39, 0.29) is 17.9 Å². The van der Waals surface area contributed by atoms with E-state index in [1.54, 1.807) is 24.3 Å². The summed E-state index contributed by atoms with van der Waals surface area (Å²) < 4.78 is 0. The molecule has 3 heteroatoms. The third-order valence-corrected chi connectivity index (χ3v) is 2.62. The van der Waals surface area contributed by atoms with Gasteiger partial charge >= 0.3 is 0 Å². The van der Waals surface area contributed by atoms with Crippen LogP contribution in [-0.2, 0) is 11.2 Å². The van der Waals surface area contributed by atoms with E-state index >= 15 is 0 Å². The maximum atomic E-state index is 12.1. The summed E-state index contributed by atoms with van der Waals surface area (Å²) >= 11 is 0. The van der Waals surface area contributed by atoms with Gasteiger partial charge in [0, 0.05) is 12.0 Å². The van der Waals surface area contributed by atoms with Crippen LogP contribution < -0.4 is 0 Å². The fourth-order valence-corrected chi connectivity index (χ4v) is 1.74. The van der Waals surface area contributed by atoms with Gasteiger partial charge in [0.25, 0.3) is 0 Å². The molecule has 2 aromatic rings. The number of benzene rings is 2. The average molecular weight is 239 g/mol. The maximum Gasteiger partial charge on any atom is 0.189 e. The van der Waals surface area contributed by atoms with Gasteiger partial charge in [-0.2, -0.15) is 0 Å². The number of ketones is 1. The van der Waals surface area contributed by atoms with Crippen molar-refractivity contribution >= 4 is 11.5 Å². The molecule has 0 saturated heterocycles. The van der Waals surface area contributed by atoms with Crippen LogP contribution in [0.3, 0.4) is 0 Å². The fraction of sp³-hybridized carbons (Fsp3) is 0.0667. The predicted molar refractivity (Wildman–Crippen MR) is 69.9 cm³/mol. The number of carbonyl (C=O) groups is 1. The first-order valence-corrected chi connectivity index (χ1v) is 5.66. The van der Waals surface area contributed by atoms with Crippen LogP contribution in [0, 0.1) is 0 Å². The molecule has 0 aliphatic heterocycles. The summed E-state index contributed by atoms with van der Waals surface area (Å²) in [5.74, 6) is -0.199. The highest BCUT2D eigenvalue weighted by molar-refractivity contribution is 6.46. The van der Waals surface area contributed by atoms with Crippen LogP contribution in [0.5, 0.6) is 0 Å². The van der Waals surface area contributed by atoms with Crippen molar-refractivity contribution < 1.29 is 10.0 Å². The van der Waals surface area contributed by atoms with Gasteiger partial charge in [0.15, 0.2) is 11.5 Å². The van der Waals surface area contributed by atoms with E-state index < -0.39 is 0 Å². The minimum Gasteiger partial charge on any atom is -0.410 e. The smallest absolute Gasteiger partial charge is 0.189 e. The third kappa shape index (κ3) is 2.83. The lowest BCUT2D eigenvalue weighted by Crippen LogP contribution is -2.17. The summed E-state index contributed by atoms with van der Waals surface area (Å²) in [5, 5.41) is 12.1. The lowest BCUT2D eigenvalue weighted by atomic mass is 10.0. The van der Waals surface area contributed by atoms with Crippen LogP contribution in [0.4, 0.5) is 0 Å². The highest BCUT2D eigenvalue weighted by Crippen LogP contribution is 2.06. The van der Waals surface area contributed by atoms with Crippen LogP contribution in [0.2, 0.25) is 0 Å². The Bertz CT molecular complexity index is 547.